The fourth-order valence-electron chi connectivity index (χ4n) is 6.24. The molecular formula is C22H25N3O5. The average molecular weight is 411 g/mol. The van der Waals surface area contributed by atoms with Gasteiger partial charge in [0, 0.05) is 5.56 Å². The van der Waals surface area contributed by atoms with E-state index in [4.69, 9.17) is 9.15 Å². The van der Waals surface area contributed by atoms with Crippen molar-refractivity contribution < 1.29 is 23.8 Å². The van der Waals surface area contributed by atoms with Crippen LogP contribution < -0.4 is 5.32 Å². The molecule has 6 rings (SSSR count). The fraction of sp³-hybridized carbons (Fsp3) is 0.545. The fourth-order valence-corrected chi connectivity index (χ4v) is 6.24. The molecule has 1 amide bonds. The molecule has 4 atom stereocenters. The number of anilines is 1. The number of hydrogen-bond acceptors (Lipinski definition) is 7. The van der Waals surface area contributed by atoms with Gasteiger partial charge >= 0.3 is 12.0 Å². The number of nitrogens with zero attached hydrogens (tertiary/aromatic N) is 2. The van der Waals surface area contributed by atoms with Crippen molar-refractivity contribution in [2.45, 2.75) is 50.5 Å². The van der Waals surface area contributed by atoms with Crippen LogP contribution in [0.5, 0.6) is 0 Å². The number of amides is 1. The predicted octanol–water partition coefficient (Wildman–Crippen LogP) is 2.94. The number of carbonyl (C=O) groups excluding carboxylic acids is 2. The van der Waals surface area contributed by atoms with Crippen LogP contribution in [0.4, 0.5) is 6.01 Å². The van der Waals surface area contributed by atoms with Crippen molar-refractivity contribution in [1.82, 2.24) is 10.2 Å². The Morgan fingerprint density at radius 3 is 2.57 bits per heavy atom. The molecule has 30 heavy (non-hydrogen) atoms. The van der Waals surface area contributed by atoms with E-state index in [0.717, 1.165) is 37.7 Å². The zero-order valence-corrected chi connectivity index (χ0v) is 16.7. The smallest absolute Gasteiger partial charge is 0.322 e. The lowest BCUT2D eigenvalue weighted by atomic mass is 9.47. The van der Waals surface area contributed by atoms with Crippen LogP contribution in [0.15, 0.2) is 34.7 Å². The van der Waals surface area contributed by atoms with Crippen LogP contribution >= 0.6 is 0 Å². The van der Waals surface area contributed by atoms with Gasteiger partial charge < -0.3 is 14.3 Å². The summed E-state index contributed by atoms with van der Waals surface area (Å²) in [5.74, 6) is 0.372. The van der Waals surface area contributed by atoms with Gasteiger partial charge in [-0.05, 0) is 67.9 Å². The molecule has 1 heterocycles. The second-order valence-electron chi connectivity index (χ2n) is 9.35. The Balaban J connectivity index is 1.13. The summed E-state index contributed by atoms with van der Waals surface area (Å²) in [6.07, 6.45) is 5.74. The Hall–Kier alpha value is -2.74. The van der Waals surface area contributed by atoms with E-state index in [1.54, 1.807) is 0 Å². The van der Waals surface area contributed by atoms with Gasteiger partial charge in [-0.25, -0.2) is 0 Å². The number of carbonyl (C=O) groups is 2. The lowest BCUT2D eigenvalue weighted by Gasteiger charge is -2.60. The largest absolute Gasteiger partial charge is 0.456 e. The number of aliphatic hydroxyl groups is 1. The van der Waals surface area contributed by atoms with Crippen molar-refractivity contribution in [2.24, 2.45) is 17.3 Å². The number of ether oxygens (including phenoxy) is 1. The minimum absolute atomic E-state index is 0.0433. The van der Waals surface area contributed by atoms with E-state index in [1.807, 2.05) is 30.3 Å². The zero-order valence-electron chi connectivity index (χ0n) is 16.7. The number of benzene rings is 1. The van der Waals surface area contributed by atoms with Crippen molar-refractivity contribution in [3.63, 3.8) is 0 Å². The number of nitrogens with one attached hydrogen (secondary N) is 1. The van der Waals surface area contributed by atoms with Crippen molar-refractivity contribution in [3.8, 4) is 11.5 Å². The van der Waals surface area contributed by atoms with E-state index < -0.39 is 24.1 Å². The summed E-state index contributed by atoms with van der Waals surface area (Å²) < 4.78 is 10.6. The molecule has 1 aromatic carbocycles. The lowest BCUT2D eigenvalue weighted by Crippen LogP contribution is -2.56. The molecule has 2 N–H and O–H groups in total. The Bertz CT molecular complexity index is 943. The van der Waals surface area contributed by atoms with E-state index in [9.17, 15) is 14.7 Å². The molecule has 2 aromatic rings. The van der Waals surface area contributed by atoms with Crippen molar-refractivity contribution in [3.05, 3.63) is 30.3 Å². The van der Waals surface area contributed by atoms with Crippen molar-refractivity contribution in [2.75, 3.05) is 11.9 Å². The molecule has 1 aromatic heterocycles. The van der Waals surface area contributed by atoms with E-state index >= 15 is 0 Å². The highest BCUT2D eigenvalue weighted by Gasteiger charge is 2.57. The van der Waals surface area contributed by atoms with Crippen LogP contribution in [0.2, 0.25) is 0 Å². The summed E-state index contributed by atoms with van der Waals surface area (Å²) in [5.41, 5.74) is -0.0475. The quantitative estimate of drug-likeness (QED) is 0.702. The third-order valence-corrected chi connectivity index (χ3v) is 6.73. The van der Waals surface area contributed by atoms with Crippen LogP contribution in [0.25, 0.3) is 11.5 Å². The molecular weight excluding hydrogens is 386 g/mol. The monoisotopic (exact) mass is 411 g/mol. The van der Waals surface area contributed by atoms with E-state index in [-0.39, 0.29) is 17.9 Å². The molecule has 4 fully saturated rings. The van der Waals surface area contributed by atoms with E-state index in [2.05, 4.69) is 15.5 Å². The lowest BCUT2D eigenvalue weighted by molar-refractivity contribution is -0.177. The Kier molecular flexibility index (Phi) is 4.61. The van der Waals surface area contributed by atoms with Crippen molar-refractivity contribution >= 4 is 17.9 Å². The van der Waals surface area contributed by atoms with Gasteiger partial charge in [0.1, 0.15) is 0 Å². The number of aromatic nitrogens is 2. The first-order valence-corrected chi connectivity index (χ1v) is 10.5. The summed E-state index contributed by atoms with van der Waals surface area (Å²) >= 11 is 0. The maximum Gasteiger partial charge on any atom is 0.322 e. The molecule has 0 aliphatic heterocycles. The Morgan fingerprint density at radius 1 is 1.13 bits per heavy atom. The molecule has 158 valence electrons. The molecule has 8 heteroatoms. The van der Waals surface area contributed by atoms with Crippen LogP contribution in [0.1, 0.15) is 44.9 Å². The minimum atomic E-state index is -0.615. The molecule has 2 unspecified atom stereocenters. The Labute approximate surface area is 174 Å². The zero-order chi connectivity index (χ0) is 20.8. The topological polar surface area (TPSA) is 115 Å². The number of hydrogen-bond donors (Lipinski definition) is 2. The van der Waals surface area contributed by atoms with E-state index in [0.29, 0.717) is 24.1 Å². The van der Waals surface area contributed by atoms with Gasteiger partial charge in [0.2, 0.25) is 5.89 Å². The highest BCUT2D eigenvalue weighted by atomic mass is 16.5. The van der Waals surface area contributed by atoms with Crippen LogP contribution in [-0.4, -0.2) is 39.4 Å². The van der Waals surface area contributed by atoms with Crippen LogP contribution in [0.3, 0.4) is 0 Å². The highest BCUT2D eigenvalue weighted by Crippen LogP contribution is 2.62. The summed E-state index contributed by atoms with van der Waals surface area (Å²) in [5, 5.41) is 21.0. The number of esters is 1. The van der Waals surface area contributed by atoms with Gasteiger partial charge in [-0.15, -0.1) is 5.10 Å². The SMILES string of the molecule is O=C(COC(=O)CC12C[C@@H]3C[C@@H](CC(O)(C3)C1)C2)Nc1nnc(-c2ccccc2)o1. The standard InChI is InChI=1S/C22H25N3O5/c26-17(23-20-25-24-19(30-20)16-4-2-1-3-5-16)12-29-18(27)11-21-7-14-6-15(8-21)10-22(28,9-14)13-21/h1-5,14-15,28H,6-13H2,(H,23,25,26)/t14-,15+,21?,22?. The second kappa shape index (κ2) is 7.19. The molecule has 4 aliphatic rings. The van der Waals surface area contributed by atoms with E-state index in [1.165, 1.54) is 0 Å². The molecule has 0 spiro atoms. The molecule has 0 radical (unpaired) electrons. The van der Waals surface area contributed by atoms with Crippen LogP contribution in [0, 0.1) is 17.3 Å². The van der Waals surface area contributed by atoms with Gasteiger partial charge in [0.05, 0.1) is 12.0 Å². The summed E-state index contributed by atoms with van der Waals surface area (Å²) in [6, 6.07) is 9.17. The second-order valence-corrected chi connectivity index (χ2v) is 9.35. The predicted molar refractivity (Wildman–Crippen MR) is 106 cm³/mol. The average Bonchev–Trinajstić information content (AvgIpc) is 3.13. The molecule has 8 nitrogen and oxygen atoms in total. The van der Waals surface area contributed by atoms with Gasteiger partial charge in [-0.1, -0.05) is 23.3 Å². The first-order chi connectivity index (χ1) is 14.4. The van der Waals surface area contributed by atoms with Gasteiger partial charge in [-0.3, -0.25) is 14.9 Å². The third-order valence-electron chi connectivity index (χ3n) is 6.73. The van der Waals surface area contributed by atoms with Crippen LogP contribution in [-0.2, 0) is 14.3 Å². The summed E-state index contributed by atoms with van der Waals surface area (Å²) in [4.78, 5) is 24.6. The molecule has 4 aliphatic carbocycles. The van der Waals surface area contributed by atoms with Gasteiger partial charge in [-0.2, -0.15) is 0 Å². The third kappa shape index (κ3) is 3.84. The van der Waals surface area contributed by atoms with Gasteiger partial charge in [0.25, 0.3) is 5.91 Å². The normalized spacial score (nSPS) is 31.5. The first-order valence-electron chi connectivity index (χ1n) is 10.5. The maximum absolute atomic E-state index is 12.4. The molecule has 0 saturated heterocycles. The van der Waals surface area contributed by atoms with Crippen molar-refractivity contribution in [1.29, 1.82) is 0 Å². The molecule has 4 saturated carbocycles. The Morgan fingerprint density at radius 2 is 1.87 bits per heavy atom. The molecule has 4 bridgehead atoms. The first kappa shape index (κ1) is 19.2. The number of rotatable bonds is 6. The van der Waals surface area contributed by atoms with Gasteiger partial charge in [0.15, 0.2) is 6.61 Å². The summed E-state index contributed by atoms with van der Waals surface area (Å²) in [6.45, 7) is -0.408. The highest BCUT2D eigenvalue weighted by molar-refractivity contribution is 5.91. The summed E-state index contributed by atoms with van der Waals surface area (Å²) in [7, 11) is 0. The maximum atomic E-state index is 12.4. The minimum Gasteiger partial charge on any atom is -0.456 e.